The van der Waals surface area contributed by atoms with E-state index in [0.29, 0.717) is 29.2 Å². The zero-order valence-corrected chi connectivity index (χ0v) is 19.0. The highest BCUT2D eigenvalue weighted by atomic mass is 32.1. The van der Waals surface area contributed by atoms with E-state index in [1.807, 2.05) is 23.6 Å². The number of aromatic nitrogens is 3. The van der Waals surface area contributed by atoms with E-state index in [4.69, 9.17) is 9.84 Å². The number of rotatable bonds is 7. The van der Waals surface area contributed by atoms with E-state index in [0.717, 1.165) is 42.8 Å². The molecule has 2 N–H and O–H groups in total. The van der Waals surface area contributed by atoms with Gasteiger partial charge in [-0.2, -0.15) is 5.10 Å². The second-order valence-electron chi connectivity index (χ2n) is 8.26. The van der Waals surface area contributed by atoms with Gasteiger partial charge < -0.3 is 15.4 Å². The van der Waals surface area contributed by atoms with Crippen LogP contribution in [-0.4, -0.2) is 40.9 Å². The van der Waals surface area contributed by atoms with E-state index in [-0.39, 0.29) is 0 Å². The van der Waals surface area contributed by atoms with Gasteiger partial charge in [-0.1, -0.05) is 19.9 Å². The van der Waals surface area contributed by atoms with E-state index in [1.54, 1.807) is 17.5 Å². The van der Waals surface area contributed by atoms with Crippen molar-refractivity contribution in [3.05, 3.63) is 47.1 Å². The van der Waals surface area contributed by atoms with Gasteiger partial charge >= 0.3 is 5.97 Å². The maximum atomic E-state index is 12.5. The molecule has 0 bridgehead atoms. The van der Waals surface area contributed by atoms with E-state index in [1.165, 1.54) is 12.8 Å². The molecule has 0 unspecified atom stereocenters. The van der Waals surface area contributed by atoms with Crippen LogP contribution >= 0.6 is 11.3 Å². The SMILES string of the molecule is COC(=O)c1cc(-c2cccs2)cnc1Nc1cc(CC(C)C)n(C2CCNCC2)n1. The summed E-state index contributed by atoms with van der Waals surface area (Å²) in [5.74, 6) is 1.27. The van der Waals surface area contributed by atoms with Crippen molar-refractivity contribution in [3.8, 4) is 10.4 Å². The Bertz CT molecular complexity index is 1020. The molecule has 7 nitrogen and oxygen atoms in total. The van der Waals surface area contributed by atoms with Crippen LogP contribution in [0.15, 0.2) is 35.8 Å². The summed E-state index contributed by atoms with van der Waals surface area (Å²) in [7, 11) is 1.39. The molecule has 4 rings (SSSR count). The van der Waals surface area contributed by atoms with Crippen molar-refractivity contribution in [1.29, 1.82) is 0 Å². The van der Waals surface area contributed by atoms with Crippen LogP contribution in [0.1, 0.15) is 48.8 Å². The number of methoxy groups -OCH3 is 1. The minimum absolute atomic E-state index is 0.389. The van der Waals surface area contributed by atoms with Crippen molar-refractivity contribution in [2.45, 2.75) is 39.2 Å². The number of hydrogen-bond acceptors (Lipinski definition) is 7. The highest BCUT2D eigenvalue weighted by Gasteiger charge is 2.22. The van der Waals surface area contributed by atoms with Crippen LogP contribution in [0.4, 0.5) is 11.6 Å². The molecule has 0 atom stereocenters. The average Bonchev–Trinajstić information content (AvgIpc) is 3.44. The highest BCUT2D eigenvalue weighted by Crippen LogP contribution is 2.30. The van der Waals surface area contributed by atoms with Crippen LogP contribution in [-0.2, 0) is 11.2 Å². The monoisotopic (exact) mass is 439 g/mol. The molecule has 1 saturated heterocycles. The fourth-order valence-corrected chi connectivity index (χ4v) is 4.67. The number of pyridine rings is 1. The second kappa shape index (κ2) is 9.62. The smallest absolute Gasteiger partial charge is 0.341 e. The Hall–Kier alpha value is -2.71. The van der Waals surface area contributed by atoms with Gasteiger partial charge in [-0.15, -0.1) is 11.3 Å². The molecule has 31 heavy (non-hydrogen) atoms. The summed E-state index contributed by atoms with van der Waals surface area (Å²) in [5, 5.41) is 13.6. The number of hydrogen-bond donors (Lipinski definition) is 2. The molecule has 0 aromatic carbocycles. The first kappa shape index (κ1) is 21.5. The predicted molar refractivity (Wildman–Crippen MR) is 124 cm³/mol. The third kappa shape index (κ3) is 4.97. The second-order valence-corrected chi connectivity index (χ2v) is 9.21. The molecule has 0 spiro atoms. The van der Waals surface area contributed by atoms with Crippen LogP contribution in [0.2, 0.25) is 0 Å². The molecule has 1 fully saturated rings. The van der Waals surface area contributed by atoms with Crippen molar-refractivity contribution in [3.63, 3.8) is 0 Å². The summed E-state index contributed by atoms with van der Waals surface area (Å²) >= 11 is 1.61. The van der Waals surface area contributed by atoms with Crippen molar-refractivity contribution in [2.24, 2.45) is 5.92 Å². The normalized spacial score (nSPS) is 14.7. The minimum atomic E-state index is -0.423. The van der Waals surface area contributed by atoms with Crippen LogP contribution in [0, 0.1) is 5.92 Å². The van der Waals surface area contributed by atoms with Gasteiger partial charge in [0, 0.05) is 28.4 Å². The molecule has 1 aliphatic heterocycles. The molecular weight excluding hydrogens is 410 g/mol. The fourth-order valence-electron chi connectivity index (χ4n) is 3.96. The van der Waals surface area contributed by atoms with Crippen molar-refractivity contribution >= 4 is 28.9 Å². The summed E-state index contributed by atoms with van der Waals surface area (Å²) in [6.45, 7) is 6.44. The lowest BCUT2D eigenvalue weighted by molar-refractivity contribution is 0.0601. The summed E-state index contributed by atoms with van der Waals surface area (Å²) in [6.07, 6.45) is 4.85. The molecule has 164 valence electrons. The van der Waals surface area contributed by atoms with E-state index < -0.39 is 5.97 Å². The number of piperidine rings is 1. The van der Waals surface area contributed by atoms with Gasteiger partial charge in [-0.3, -0.25) is 4.68 Å². The topological polar surface area (TPSA) is 81.1 Å². The molecule has 4 heterocycles. The Balaban J connectivity index is 1.66. The molecule has 8 heteroatoms. The average molecular weight is 440 g/mol. The van der Waals surface area contributed by atoms with Crippen LogP contribution < -0.4 is 10.6 Å². The largest absolute Gasteiger partial charge is 0.465 e. The van der Waals surface area contributed by atoms with E-state index in [2.05, 4.69) is 40.2 Å². The first-order valence-electron chi connectivity index (χ1n) is 10.7. The van der Waals surface area contributed by atoms with Gasteiger partial charge in [0.2, 0.25) is 0 Å². The first-order chi connectivity index (χ1) is 15.0. The summed E-state index contributed by atoms with van der Waals surface area (Å²) in [5.41, 5.74) is 2.50. The molecule has 0 amide bonds. The maximum Gasteiger partial charge on any atom is 0.341 e. The Labute approximate surface area is 186 Å². The zero-order valence-electron chi connectivity index (χ0n) is 18.2. The van der Waals surface area contributed by atoms with Crippen molar-refractivity contribution < 1.29 is 9.53 Å². The van der Waals surface area contributed by atoms with E-state index >= 15 is 0 Å². The Morgan fingerprint density at radius 2 is 2.16 bits per heavy atom. The number of carbonyl (C=O) groups is 1. The van der Waals surface area contributed by atoms with Crippen LogP contribution in [0.5, 0.6) is 0 Å². The summed E-state index contributed by atoms with van der Waals surface area (Å²) < 4.78 is 7.18. The van der Waals surface area contributed by atoms with Crippen molar-refractivity contribution in [1.82, 2.24) is 20.1 Å². The number of esters is 1. The lowest BCUT2D eigenvalue weighted by atomic mass is 10.0. The number of nitrogens with zero attached hydrogens (tertiary/aromatic N) is 3. The number of thiophene rings is 1. The molecule has 0 aliphatic carbocycles. The quantitative estimate of drug-likeness (QED) is 0.521. The van der Waals surface area contributed by atoms with Gasteiger partial charge in [-0.25, -0.2) is 9.78 Å². The van der Waals surface area contributed by atoms with Gasteiger partial charge in [0.1, 0.15) is 11.4 Å². The third-order valence-electron chi connectivity index (χ3n) is 5.43. The first-order valence-corrected chi connectivity index (χ1v) is 11.6. The zero-order chi connectivity index (χ0) is 21.8. The number of nitrogens with one attached hydrogen (secondary N) is 2. The molecule has 0 saturated carbocycles. The molecule has 1 aliphatic rings. The Morgan fingerprint density at radius 3 is 2.84 bits per heavy atom. The third-order valence-corrected chi connectivity index (χ3v) is 6.35. The highest BCUT2D eigenvalue weighted by molar-refractivity contribution is 7.13. The minimum Gasteiger partial charge on any atom is -0.465 e. The van der Waals surface area contributed by atoms with Gasteiger partial charge in [0.25, 0.3) is 0 Å². The number of carbonyl (C=O) groups excluding carboxylic acids is 1. The lowest BCUT2D eigenvalue weighted by Gasteiger charge is -2.25. The van der Waals surface area contributed by atoms with Gasteiger partial charge in [0.15, 0.2) is 5.82 Å². The standard InChI is InChI=1S/C23H29N5O2S/c1-15(2)11-18-13-21(27-28(18)17-6-8-24-9-7-17)26-22-19(23(29)30-3)12-16(14-25-22)20-5-4-10-31-20/h4-5,10,12-15,17,24H,6-9,11H2,1-3H3,(H,25,26,27). The molecule has 0 radical (unpaired) electrons. The Kier molecular flexibility index (Phi) is 6.67. The van der Waals surface area contributed by atoms with Crippen molar-refractivity contribution in [2.75, 3.05) is 25.5 Å². The number of ether oxygens (including phenoxy) is 1. The van der Waals surface area contributed by atoms with Crippen LogP contribution in [0.25, 0.3) is 10.4 Å². The predicted octanol–water partition coefficient (Wildman–Crippen LogP) is 4.66. The van der Waals surface area contributed by atoms with Gasteiger partial charge in [0.05, 0.1) is 13.2 Å². The maximum absolute atomic E-state index is 12.5. The lowest BCUT2D eigenvalue weighted by Crippen LogP contribution is -2.30. The Morgan fingerprint density at radius 1 is 1.35 bits per heavy atom. The summed E-state index contributed by atoms with van der Waals surface area (Å²) in [4.78, 5) is 18.1. The van der Waals surface area contributed by atoms with Crippen LogP contribution in [0.3, 0.4) is 0 Å². The van der Waals surface area contributed by atoms with Gasteiger partial charge in [-0.05, 0) is 55.8 Å². The summed E-state index contributed by atoms with van der Waals surface area (Å²) in [6, 6.07) is 8.28. The molecular formula is C23H29N5O2S. The fraction of sp³-hybridized carbons (Fsp3) is 0.435. The molecule has 3 aromatic rings. The number of anilines is 2. The molecule has 3 aromatic heterocycles. The van der Waals surface area contributed by atoms with E-state index in [9.17, 15) is 4.79 Å².